The lowest BCUT2D eigenvalue weighted by Gasteiger charge is -2.11. The Balaban J connectivity index is 1.58. The molecule has 0 saturated heterocycles. The van der Waals surface area contributed by atoms with E-state index in [0.29, 0.717) is 17.1 Å². The van der Waals surface area contributed by atoms with Crippen LogP contribution in [0.15, 0.2) is 48.5 Å². The van der Waals surface area contributed by atoms with E-state index in [1.165, 1.54) is 6.08 Å². The Kier molecular flexibility index (Phi) is 5.37. The number of rotatable bonds is 6. The second-order valence-corrected chi connectivity index (χ2v) is 5.94. The van der Waals surface area contributed by atoms with E-state index in [2.05, 4.69) is 0 Å². The standard InChI is InChI=1S/C21H20O5/c1-3-15-4-8-17(9-5-15)21(23)14(2)26-20(22)11-7-16-6-10-18-19(12-16)25-13-24-18/h4-12,14H,3,13H2,1-2H3. The van der Waals surface area contributed by atoms with E-state index in [4.69, 9.17) is 14.2 Å². The van der Waals surface area contributed by atoms with Crippen molar-refractivity contribution >= 4 is 17.8 Å². The first kappa shape index (κ1) is 17.7. The number of ether oxygens (including phenoxy) is 3. The van der Waals surface area contributed by atoms with Gasteiger partial charge in [0.25, 0.3) is 0 Å². The van der Waals surface area contributed by atoms with Gasteiger partial charge in [0.1, 0.15) is 0 Å². The summed E-state index contributed by atoms with van der Waals surface area (Å²) < 4.78 is 15.7. The number of aryl methyl sites for hydroxylation is 1. The first-order valence-corrected chi connectivity index (χ1v) is 8.48. The summed E-state index contributed by atoms with van der Waals surface area (Å²) in [5, 5.41) is 0. The summed E-state index contributed by atoms with van der Waals surface area (Å²) in [4.78, 5) is 24.3. The van der Waals surface area contributed by atoms with Crippen molar-refractivity contribution in [2.45, 2.75) is 26.4 Å². The summed E-state index contributed by atoms with van der Waals surface area (Å²) >= 11 is 0. The van der Waals surface area contributed by atoms with Crippen LogP contribution in [0.2, 0.25) is 0 Å². The normalized spacial score (nSPS) is 13.6. The molecule has 0 fully saturated rings. The Labute approximate surface area is 152 Å². The zero-order valence-corrected chi connectivity index (χ0v) is 14.7. The highest BCUT2D eigenvalue weighted by molar-refractivity contribution is 6.01. The molecule has 0 bridgehead atoms. The largest absolute Gasteiger partial charge is 0.454 e. The van der Waals surface area contributed by atoms with Crippen LogP contribution in [-0.4, -0.2) is 24.6 Å². The van der Waals surface area contributed by atoms with Crippen LogP contribution in [0.1, 0.15) is 35.3 Å². The summed E-state index contributed by atoms with van der Waals surface area (Å²) in [6.07, 6.45) is 2.96. The maximum atomic E-state index is 12.4. The first-order chi connectivity index (χ1) is 12.6. The Bertz CT molecular complexity index is 836. The van der Waals surface area contributed by atoms with E-state index in [-0.39, 0.29) is 12.6 Å². The Morgan fingerprint density at radius 1 is 1.12 bits per heavy atom. The molecule has 0 aliphatic carbocycles. The number of hydrogen-bond acceptors (Lipinski definition) is 5. The van der Waals surface area contributed by atoms with Gasteiger partial charge in [0.15, 0.2) is 17.6 Å². The molecule has 0 spiro atoms. The maximum Gasteiger partial charge on any atom is 0.331 e. The number of ketones is 1. The zero-order chi connectivity index (χ0) is 18.5. The van der Waals surface area contributed by atoms with Crippen molar-refractivity contribution in [1.82, 2.24) is 0 Å². The van der Waals surface area contributed by atoms with Crippen LogP contribution in [0.25, 0.3) is 6.08 Å². The molecule has 3 rings (SSSR count). The molecule has 134 valence electrons. The van der Waals surface area contributed by atoms with Crippen molar-refractivity contribution in [1.29, 1.82) is 0 Å². The maximum absolute atomic E-state index is 12.4. The number of carbonyl (C=O) groups excluding carboxylic acids is 2. The minimum absolute atomic E-state index is 0.198. The van der Waals surface area contributed by atoms with Gasteiger partial charge in [0.05, 0.1) is 0 Å². The molecular weight excluding hydrogens is 332 g/mol. The van der Waals surface area contributed by atoms with Gasteiger partial charge >= 0.3 is 5.97 Å². The SMILES string of the molecule is CCc1ccc(C(=O)C(C)OC(=O)C=Cc2ccc3c(c2)OCO3)cc1. The zero-order valence-electron chi connectivity index (χ0n) is 14.7. The van der Waals surface area contributed by atoms with Crippen LogP contribution in [0.4, 0.5) is 0 Å². The minimum Gasteiger partial charge on any atom is -0.454 e. The third-order valence-corrected chi connectivity index (χ3v) is 4.12. The number of fused-ring (bicyclic) bond motifs is 1. The van der Waals surface area contributed by atoms with Gasteiger partial charge in [-0.2, -0.15) is 0 Å². The van der Waals surface area contributed by atoms with Gasteiger partial charge in [-0.15, -0.1) is 0 Å². The second-order valence-electron chi connectivity index (χ2n) is 5.94. The molecule has 0 amide bonds. The summed E-state index contributed by atoms with van der Waals surface area (Å²) in [5.74, 6) is 0.517. The number of hydrogen-bond donors (Lipinski definition) is 0. The van der Waals surface area contributed by atoms with E-state index in [1.807, 2.05) is 19.1 Å². The lowest BCUT2D eigenvalue weighted by Crippen LogP contribution is -2.23. The summed E-state index contributed by atoms with van der Waals surface area (Å²) in [7, 11) is 0. The fourth-order valence-electron chi connectivity index (χ4n) is 2.59. The molecule has 5 heteroatoms. The van der Waals surface area contributed by atoms with Crippen LogP contribution in [0, 0.1) is 0 Å². The van der Waals surface area contributed by atoms with Gasteiger partial charge in [0.2, 0.25) is 12.6 Å². The van der Waals surface area contributed by atoms with E-state index in [1.54, 1.807) is 43.3 Å². The monoisotopic (exact) mass is 352 g/mol. The Morgan fingerprint density at radius 3 is 2.58 bits per heavy atom. The highest BCUT2D eigenvalue weighted by Gasteiger charge is 2.18. The Hall–Kier alpha value is -3.08. The van der Waals surface area contributed by atoms with Crippen LogP contribution in [-0.2, 0) is 16.0 Å². The molecule has 0 N–H and O–H groups in total. The lowest BCUT2D eigenvalue weighted by atomic mass is 10.0. The molecule has 0 aromatic heterocycles. The average molecular weight is 352 g/mol. The van der Waals surface area contributed by atoms with Gasteiger partial charge in [0, 0.05) is 11.6 Å². The quantitative estimate of drug-likeness (QED) is 0.449. The van der Waals surface area contributed by atoms with Gasteiger partial charge < -0.3 is 14.2 Å². The number of Topliss-reactive ketones (excluding diaryl/α,β-unsaturated/α-hetero) is 1. The summed E-state index contributed by atoms with van der Waals surface area (Å²) in [6.45, 7) is 3.82. The first-order valence-electron chi connectivity index (χ1n) is 8.48. The average Bonchev–Trinajstić information content (AvgIpc) is 3.13. The van der Waals surface area contributed by atoms with E-state index < -0.39 is 12.1 Å². The molecule has 0 saturated carbocycles. The molecule has 1 unspecified atom stereocenters. The van der Waals surface area contributed by atoms with Gasteiger partial charge in [-0.25, -0.2) is 4.79 Å². The van der Waals surface area contributed by atoms with E-state index >= 15 is 0 Å². The van der Waals surface area contributed by atoms with Crippen molar-refractivity contribution < 1.29 is 23.8 Å². The molecule has 1 aliphatic rings. The second kappa shape index (κ2) is 7.87. The van der Waals surface area contributed by atoms with E-state index in [0.717, 1.165) is 17.5 Å². The molecule has 26 heavy (non-hydrogen) atoms. The van der Waals surface area contributed by atoms with Crippen molar-refractivity contribution in [2.75, 3.05) is 6.79 Å². The number of esters is 1. The molecular formula is C21H20O5. The number of carbonyl (C=O) groups is 2. The van der Waals surface area contributed by atoms with Crippen LogP contribution < -0.4 is 9.47 Å². The predicted molar refractivity (Wildman–Crippen MR) is 97.3 cm³/mol. The molecule has 5 nitrogen and oxygen atoms in total. The van der Waals surface area contributed by atoms with Gasteiger partial charge in [-0.3, -0.25) is 4.79 Å². The highest BCUT2D eigenvalue weighted by Crippen LogP contribution is 2.32. The van der Waals surface area contributed by atoms with E-state index in [9.17, 15) is 9.59 Å². The van der Waals surface area contributed by atoms with Gasteiger partial charge in [-0.05, 0) is 42.7 Å². The third-order valence-electron chi connectivity index (χ3n) is 4.12. The van der Waals surface area contributed by atoms with Crippen molar-refractivity contribution in [3.8, 4) is 11.5 Å². The molecule has 0 radical (unpaired) electrons. The predicted octanol–water partition coefficient (Wildman–Crippen LogP) is 3.81. The van der Waals surface area contributed by atoms with Crippen molar-refractivity contribution in [3.63, 3.8) is 0 Å². The third kappa shape index (κ3) is 4.11. The van der Waals surface area contributed by atoms with Crippen LogP contribution >= 0.6 is 0 Å². The molecule has 1 atom stereocenters. The fraction of sp³-hybridized carbons (Fsp3) is 0.238. The summed E-state index contributed by atoms with van der Waals surface area (Å²) in [6, 6.07) is 12.7. The lowest BCUT2D eigenvalue weighted by molar-refractivity contribution is -0.140. The topological polar surface area (TPSA) is 61.8 Å². The van der Waals surface area contributed by atoms with Crippen LogP contribution in [0.5, 0.6) is 11.5 Å². The molecule has 2 aromatic rings. The highest BCUT2D eigenvalue weighted by atomic mass is 16.7. The molecule has 1 heterocycles. The number of benzene rings is 2. The fourth-order valence-corrected chi connectivity index (χ4v) is 2.59. The smallest absolute Gasteiger partial charge is 0.331 e. The van der Waals surface area contributed by atoms with Crippen LogP contribution in [0.3, 0.4) is 0 Å². The Morgan fingerprint density at radius 2 is 1.85 bits per heavy atom. The van der Waals surface area contributed by atoms with Crippen molar-refractivity contribution in [2.24, 2.45) is 0 Å². The van der Waals surface area contributed by atoms with Crippen molar-refractivity contribution in [3.05, 3.63) is 65.2 Å². The minimum atomic E-state index is -0.851. The summed E-state index contributed by atoms with van der Waals surface area (Å²) in [5.41, 5.74) is 2.46. The molecule has 1 aliphatic heterocycles. The molecule has 2 aromatic carbocycles. The van der Waals surface area contributed by atoms with Gasteiger partial charge in [-0.1, -0.05) is 37.3 Å².